The van der Waals surface area contributed by atoms with Gasteiger partial charge in [-0.2, -0.15) is 0 Å². The van der Waals surface area contributed by atoms with Crippen LogP contribution >= 0.6 is 8.03 Å². The molecule has 0 rings (SSSR count). The van der Waals surface area contributed by atoms with Crippen LogP contribution in [0.5, 0.6) is 0 Å². The Bertz CT molecular complexity index is 160. The van der Waals surface area contributed by atoms with E-state index < -0.39 is 8.03 Å². The Balaban J connectivity index is 3.38. The van der Waals surface area contributed by atoms with E-state index >= 15 is 0 Å². The summed E-state index contributed by atoms with van der Waals surface area (Å²) in [4.78, 5) is 0. The third-order valence-corrected chi connectivity index (χ3v) is 4.22. The molecule has 0 aromatic heterocycles. The lowest BCUT2D eigenvalue weighted by Gasteiger charge is -2.11. The second-order valence-corrected chi connectivity index (χ2v) is 6.18. The lowest BCUT2D eigenvalue weighted by molar-refractivity contribution is 0.310. The third-order valence-electron chi connectivity index (χ3n) is 2.64. The molecule has 0 N–H and O–H groups in total. The minimum atomic E-state index is -1.78. The van der Waals surface area contributed by atoms with E-state index in [1.165, 1.54) is 25.7 Å². The molecule has 0 aromatic carbocycles. The van der Waals surface area contributed by atoms with Gasteiger partial charge < -0.3 is 4.52 Å². The van der Waals surface area contributed by atoms with Gasteiger partial charge in [0.25, 0.3) is 0 Å². The first-order valence-electron chi connectivity index (χ1n) is 6.39. The predicted octanol–water partition coefficient (Wildman–Crippen LogP) is 4.64. The summed E-state index contributed by atoms with van der Waals surface area (Å²) in [5, 5.41) is 0. The molecular formula is C12H27O2P. The molecule has 0 fully saturated rings. The molecule has 0 amide bonds. The molecule has 3 heteroatoms. The SMILES string of the molecule is CCCCCCO[PH](=O)C(C)CCCC. The van der Waals surface area contributed by atoms with Gasteiger partial charge in [-0.3, -0.25) is 4.57 Å². The van der Waals surface area contributed by atoms with Crippen LogP contribution in [0.3, 0.4) is 0 Å². The Labute approximate surface area is 95.7 Å². The Hall–Kier alpha value is 0.190. The topological polar surface area (TPSA) is 26.3 Å². The first-order chi connectivity index (χ1) is 7.22. The van der Waals surface area contributed by atoms with Crippen LogP contribution < -0.4 is 0 Å². The summed E-state index contributed by atoms with van der Waals surface area (Å²) in [6, 6.07) is 0. The zero-order valence-electron chi connectivity index (χ0n) is 10.6. The zero-order chi connectivity index (χ0) is 11.5. The highest BCUT2D eigenvalue weighted by Gasteiger charge is 2.10. The van der Waals surface area contributed by atoms with E-state index in [1.54, 1.807) is 0 Å². The van der Waals surface area contributed by atoms with Gasteiger partial charge in [0.15, 0.2) is 8.03 Å². The second kappa shape index (κ2) is 10.7. The monoisotopic (exact) mass is 234 g/mol. The highest BCUT2D eigenvalue weighted by Crippen LogP contribution is 2.32. The van der Waals surface area contributed by atoms with E-state index in [0.717, 1.165) is 19.3 Å². The van der Waals surface area contributed by atoms with E-state index in [0.29, 0.717) is 6.61 Å². The summed E-state index contributed by atoms with van der Waals surface area (Å²) in [6.45, 7) is 7.09. The van der Waals surface area contributed by atoms with E-state index in [2.05, 4.69) is 13.8 Å². The summed E-state index contributed by atoms with van der Waals surface area (Å²) in [7, 11) is -1.78. The first-order valence-corrected chi connectivity index (χ1v) is 7.78. The molecule has 0 heterocycles. The smallest absolute Gasteiger partial charge is 0.194 e. The van der Waals surface area contributed by atoms with Gasteiger partial charge in [0, 0.05) is 5.66 Å². The standard InChI is InChI=1S/C12H27O2P/c1-4-6-8-9-11-14-15(13)12(3)10-7-5-2/h12,15H,4-11H2,1-3H3. The van der Waals surface area contributed by atoms with Crippen LogP contribution in [0.15, 0.2) is 0 Å². The van der Waals surface area contributed by atoms with Gasteiger partial charge in [-0.1, -0.05) is 52.9 Å². The molecular weight excluding hydrogens is 207 g/mol. The molecule has 0 aromatic rings. The number of hydrogen-bond acceptors (Lipinski definition) is 2. The number of unbranched alkanes of at least 4 members (excludes halogenated alkanes) is 4. The van der Waals surface area contributed by atoms with Crippen LogP contribution in [-0.4, -0.2) is 12.3 Å². The van der Waals surface area contributed by atoms with Crippen molar-refractivity contribution in [3.63, 3.8) is 0 Å². The van der Waals surface area contributed by atoms with Crippen LogP contribution in [0, 0.1) is 0 Å². The summed E-state index contributed by atoms with van der Waals surface area (Å²) < 4.78 is 17.0. The molecule has 2 atom stereocenters. The average molecular weight is 234 g/mol. The lowest BCUT2D eigenvalue weighted by Crippen LogP contribution is -1.98. The molecule has 0 aliphatic carbocycles. The highest BCUT2D eigenvalue weighted by molar-refractivity contribution is 7.40. The van der Waals surface area contributed by atoms with Crippen LogP contribution in [0.4, 0.5) is 0 Å². The van der Waals surface area contributed by atoms with Crippen molar-refractivity contribution in [2.75, 3.05) is 6.61 Å². The molecule has 92 valence electrons. The van der Waals surface area contributed by atoms with Crippen LogP contribution in [-0.2, 0) is 9.09 Å². The molecule has 2 unspecified atom stereocenters. The number of hydrogen-bond donors (Lipinski definition) is 0. The molecule has 0 aliphatic heterocycles. The van der Waals surface area contributed by atoms with Gasteiger partial charge in [-0.15, -0.1) is 0 Å². The summed E-state index contributed by atoms with van der Waals surface area (Å²) in [6.07, 6.45) is 8.15. The Kier molecular flexibility index (Phi) is 10.8. The molecule has 0 radical (unpaired) electrons. The van der Waals surface area contributed by atoms with Gasteiger partial charge >= 0.3 is 0 Å². The molecule has 0 aliphatic rings. The normalized spacial score (nSPS) is 15.1. The fraction of sp³-hybridized carbons (Fsp3) is 1.00. The molecule has 0 saturated carbocycles. The van der Waals surface area contributed by atoms with Crippen LogP contribution in [0.25, 0.3) is 0 Å². The van der Waals surface area contributed by atoms with Gasteiger partial charge in [0.05, 0.1) is 6.61 Å². The largest absolute Gasteiger partial charge is 0.330 e. The van der Waals surface area contributed by atoms with Gasteiger partial charge in [-0.05, 0) is 12.8 Å². The maximum atomic E-state index is 11.6. The van der Waals surface area contributed by atoms with Crippen molar-refractivity contribution >= 4 is 8.03 Å². The quantitative estimate of drug-likeness (QED) is 0.406. The van der Waals surface area contributed by atoms with E-state index in [-0.39, 0.29) is 5.66 Å². The first kappa shape index (κ1) is 15.2. The fourth-order valence-electron chi connectivity index (χ4n) is 1.47. The third kappa shape index (κ3) is 9.14. The number of rotatable bonds is 10. The van der Waals surface area contributed by atoms with Crippen molar-refractivity contribution in [1.82, 2.24) is 0 Å². The summed E-state index contributed by atoms with van der Waals surface area (Å²) in [5.41, 5.74) is 0.265. The fourth-order valence-corrected chi connectivity index (χ4v) is 2.54. The van der Waals surface area contributed by atoms with Crippen LogP contribution in [0.1, 0.15) is 65.7 Å². The van der Waals surface area contributed by atoms with E-state index in [9.17, 15) is 4.57 Å². The Morgan fingerprint density at radius 3 is 2.33 bits per heavy atom. The van der Waals surface area contributed by atoms with Crippen molar-refractivity contribution in [3.8, 4) is 0 Å². The molecule has 2 nitrogen and oxygen atoms in total. The van der Waals surface area contributed by atoms with Crippen molar-refractivity contribution in [2.45, 2.75) is 71.4 Å². The van der Waals surface area contributed by atoms with Gasteiger partial charge in [0.1, 0.15) is 0 Å². The minimum Gasteiger partial charge on any atom is -0.330 e. The van der Waals surface area contributed by atoms with Gasteiger partial charge in [0.2, 0.25) is 0 Å². The Morgan fingerprint density at radius 1 is 1.07 bits per heavy atom. The van der Waals surface area contributed by atoms with E-state index in [4.69, 9.17) is 4.52 Å². The molecule has 0 saturated heterocycles. The highest BCUT2D eigenvalue weighted by atomic mass is 31.1. The molecule has 0 spiro atoms. The molecule has 15 heavy (non-hydrogen) atoms. The predicted molar refractivity (Wildman–Crippen MR) is 68.1 cm³/mol. The van der Waals surface area contributed by atoms with Crippen molar-refractivity contribution in [1.29, 1.82) is 0 Å². The summed E-state index contributed by atoms with van der Waals surface area (Å²) in [5.74, 6) is 0. The van der Waals surface area contributed by atoms with Crippen molar-refractivity contribution < 1.29 is 9.09 Å². The maximum Gasteiger partial charge on any atom is 0.194 e. The Morgan fingerprint density at radius 2 is 1.73 bits per heavy atom. The van der Waals surface area contributed by atoms with Crippen LogP contribution in [0.2, 0.25) is 0 Å². The van der Waals surface area contributed by atoms with Crippen molar-refractivity contribution in [3.05, 3.63) is 0 Å². The lowest BCUT2D eigenvalue weighted by atomic mass is 10.2. The molecule has 0 bridgehead atoms. The summed E-state index contributed by atoms with van der Waals surface area (Å²) >= 11 is 0. The van der Waals surface area contributed by atoms with Gasteiger partial charge in [-0.25, -0.2) is 0 Å². The average Bonchev–Trinajstić information content (AvgIpc) is 2.25. The maximum absolute atomic E-state index is 11.6. The van der Waals surface area contributed by atoms with Crippen molar-refractivity contribution in [2.24, 2.45) is 0 Å². The minimum absolute atomic E-state index is 0.265. The zero-order valence-corrected chi connectivity index (χ0v) is 11.6. The second-order valence-electron chi connectivity index (χ2n) is 4.27. The van der Waals surface area contributed by atoms with E-state index in [1.807, 2.05) is 6.92 Å².